The second-order valence-electron chi connectivity index (χ2n) is 6.63. The van der Waals surface area contributed by atoms with Gasteiger partial charge in [0.1, 0.15) is 0 Å². The van der Waals surface area contributed by atoms with Crippen LogP contribution in [0.1, 0.15) is 11.1 Å². The predicted octanol–water partition coefficient (Wildman–Crippen LogP) is 5.84. The number of hydrogen-bond acceptors (Lipinski definition) is 3. The van der Waals surface area contributed by atoms with Crippen LogP contribution in [0.25, 0.3) is 0 Å². The third kappa shape index (κ3) is 6.62. The lowest BCUT2D eigenvalue weighted by molar-refractivity contribution is -0.113. The number of benzene rings is 3. The molecule has 0 aliphatic carbocycles. The van der Waals surface area contributed by atoms with Crippen LogP contribution in [0.3, 0.4) is 0 Å². The molecule has 1 amide bonds. The van der Waals surface area contributed by atoms with Gasteiger partial charge in [-0.3, -0.25) is 4.79 Å². The van der Waals surface area contributed by atoms with Crippen LogP contribution < -0.4 is 16.0 Å². The molecule has 3 aromatic carbocycles. The molecule has 0 radical (unpaired) electrons. The number of rotatable bonds is 6. The summed E-state index contributed by atoms with van der Waals surface area (Å²) >= 11 is 6.85. The number of anilines is 3. The van der Waals surface area contributed by atoms with E-state index in [1.807, 2.05) is 80.6 Å². The highest BCUT2D eigenvalue weighted by Crippen LogP contribution is 2.23. The SMILES string of the molecule is Cc1ccc(NC(=O)CSc2cccc(NC(=S)Nc3ccccc3)c2)c(C)c1. The van der Waals surface area contributed by atoms with Crippen molar-refractivity contribution in [3.8, 4) is 0 Å². The van der Waals surface area contributed by atoms with E-state index in [0.29, 0.717) is 10.9 Å². The fraction of sp³-hybridized carbons (Fsp3) is 0.130. The third-order valence-electron chi connectivity index (χ3n) is 4.15. The Labute approximate surface area is 181 Å². The highest BCUT2D eigenvalue weighted by molar-refractivity contribution is 8.00. The first kappa shape index (κ1) is 20.9. The molecule has 0 unspecified atom stereocenters. The van der Waals surface area contributed by atoms with E-state index in [0.717, 1.165) is 27.5 Å². The van der Waals surface area contributed by atoms with Crippen LogP contribution in [0.4, 0.5) is 17.1 Å². The monoisotopic (exact) mass is 421 g/mol. The van der Waals surface area contributed by atoms with E-state index in [9.17, 15) is 4.79 Å². The summed E-state index contributed by atoms with van der Waals surface area (Å²) in [6.07, 6.45) is 0. The van der Waals surface area contributed by atoms with Gasteiger partial charge in [-0.25, -0.2) is 0 Å². The quantitative estimate of drug-likeness (QED) is 0.345. The summed E-state index contributed by atoms with van der Waals surface area (Å²) in [5.41, 5.74) is 4.90. The zero-order valence-corrected chi connectivity index (χ0v) is 18.0. The molecule has 3 aromatic rings. The van der Waals surface area contributed by atoms with Gasteiger partial charge < -0.3 is 16.0 Å². The number of carbonyl (C=O) groups is 1. The van der Waals surface area contributed by atoms with E-state index in [-0.39, 0.29) is 5.91 Å². The molecule has 0 aliphatic heterocycles. The van der Waals surface area contributed by atoms with E-state index in [4.69, 9.17) is 12.2 Å². The number of nitrogens with one attached hydrogen (secondary N) is 3. The highest BCUT2D eigenvalue weighted by Gasteiger charge is 2.07. The van der Waals surface area contributed by atoms with E-state index < -0.39 is 0 Å². The predicted molar refractivity (Wildman–Crippen MR) is 128 cm³/mol. The minimum absolute atomic E-state index is 0.0263. The summed E-state index contributed by atoms with van der Waals surface area (Å²) in [4.78, 5) is 13.3. The fourth-order valence-electron chi connectivity index (χ4n) is 2.77. The van der Waals surface area contributed by atoms with E-state index in [1.54, 1.807) is 0 Å². The zero-order chi connectivity index (χ0) is 20.6. The van der Waals surface area contributed by atoms with Crippen molar-refractivity contribution in [1.82, 2.24) is 0 Å². The molecule has 148 valence electrons. The first-order valence-electron chi connectivity index (χ1n) is 9.22. The maximum atomic E-state index is 12.3. The number of para-hydroxylation sites is 1. The van der Waals surface area contributed by atoms with Gasteiger partial charge in [0.05, 0.1) is 5.75 Å². The van der Waals surface area contributed by atoms with Gasteiger partial charge in [-0.15, -0.1) is 11.8 Å². The molecule has 29 heavy (non-hydrogen) atoms. The Hall–Kier alpha value is -2.83. The summed E-state index contributed by atoms with van der Waals surface area (Å²) in [5, 5.41) is 9.82. The van der Waals surface area contributed by atoms with E-state index in [2.05, 4.69) is 22.0 Å². The van der Waals surface area contributed by atoms with Gasteiger partial charge >= 0.3 is 0 Å². The Morgan fingerprint density at radius 2 is 1.59 bits per heavy atom. The molecule has 0 heterocycles. The highest BCUT2D eigenvalue weighted by atomic mass is 32.2. The second kappa shape index (κ2) is 10.1. The molecule has 0 atom stereocenters. The Morgan fingerprint density at radius 1 is 0.862 bits per heavy atom. The van der Waals surface area contributed by atoms with Crippen molar-refractivity contribution in [2.45, 2.75) is 18.7 Å². The summed E-state index contributed by atoms with van der Waals surface area (Å²) in [7, 11) is 0. The molecule has 0 bridgehead atoms. The normalized spacial score (nSPS) is 10.3. The Morgan fingerprint density at radius 3 is 2.34 bits per heavy atom. The summed E-state index contributed by atoms with van der Waals surface area (Å²) < 4.78 is 0. The van der Waals surface area contributed by atoms with Crippen LogP contribution in [-0.4, -0.2) is 16.8 Å². The van der Waals surface area contributed by atoms with Crippen molar-refractivity contribution in [2.24, 2.45) is 0 Å². The third-order valence-corrected chi connectivity index (χ3v) is 5.35. The molecule has 4 nitrogen and oxygen atoms in total. The van der Waals surface area contributed by atoms with Gasteiger partial charge in [0.2, 0.25) is 5.91 Å². The van der Waals surface area contributed by atoms with Crippen molar-refractivity contribution in [3.05, 3.63) is 83.9 Å². The maximum Gasteiger partial charge on any atom is 0.234 e. The lowest BCUT2D eigenvalue weighted by atomic mass is 10.1. The minimum Gasteiger partial charge on any atom is -0.332 e. The summed E-state index contributed by atoms with van der Waals surface area (Å²) in [6.45, 7) is 4.04. The molecule has 3 N–H and O–H groups in total. The number of thioether (sulfide) groups is 1. The molecule has 0 aromatic heterocycles. The van der Waals surface area contributed by atoms with Gasteiger partial charge in [0, 0.05) is 22.0 Å². The number of amides is 1. The van der Waals surface area contributed by atoms with Crippen molar-refractivity contribution in [2.75, 3.05) is 21.7 Å². The summed E-state index contributed by atoms with van der Waals surface area (Å²) in [5.74, 6) is 0.310. The average molecular weight is 422 g/mol. The number of thiocarbonyl (C=S) groups is 1. The molecule has 0 fully saturated rings. The first-order chi connectivity index (χ1) is 14.0. The molecule has 0 aliphatic rings. The van der Waals surface area contributed by atoms with Crippen LogP contribution in [0.15, 0.2) is 77.7 Å². The molecule has 0 spiro atoms. The Kier molecular flexibility index (Phi) is 7.27. The smallest absolute Gasteiger partial charge is 0.234 e. The lowest BCUT2D eigenvalue weighted by Gasteiger charge is -2.12. The topological polar surface area (TPSA) is 53.2 Å². The number of aryl methyl sites for hydroxylation is 2. The van der Waals surface area contributed by atoms with Gasteiger partial charge in [-0.05, 0) is 68.0 Å². The standard InChI is InChI=1S/C23H23N3OS2/c1-16-11-12-21(17(2)13-16)26-22(27)15-29-20-10-6-9-19(14-20)25-23(28)24-18-7-4-3-5-8-18/h3-14H,15H2,1-2H3,(H,26,27)(H2,24,25,28). The average Bonchev–Trinajstić information content (AvgIpc) is 2.69. The fourth-order valence-corrected chi connectivity index (χ4v) is 3.76. The van der Waals surface area contributed by atoms with E-state index >= 15 is 0 Å². The molecule has 0 saturated carbocycles. The van der Waals surface area contributed by atoms with E-state index in [1.165, 1.54) is 17.3 Å². The maximum absolute atomic E-state index is 12.3. The number of hydrogen-bond donors (Lipinski definition) is 3. The molecule has 3 rings (SSSR count). The van der Waals surface area contributed by atoms with Crippen molar-refractivity contribution >= 4 is 52.1 Å². The van der Waals surface area contributed by atoms with Gasteiger partial charge in [0.25, 0.3) is 0 Å². The second-order valence-corrected chi connectivity index (χ2v) is 8.09. The molecule has 0 saturated heterocycles. The van der Waals surface area contributed by atoms with Crippen LogP contribution in [0.2, 0.25) is 0 Å². The molecular formula is C23H23N3OS2. The molecule has 6 heteroatoms. The van der Waals surface area contributed by atoms with Crippen LogP contribution in [-0.2, 0) is 4.79 Å². The molecular weight excluding hydrogens is 398 g/mol. The van der Waals surface area contributed by atoms with Gasteiger partial charge in [-0.2, -0.15) is 0 Å². The van der Waals surface area contributed by atoms with Crippen LogP contribution in [0.5, 0.6) is 0 Å². The summed E-state index contributed by atoms with van der Waals surface area (Å²) in [6, 6.07) is 23.6. The van der Waals surface area contributed by atoms with Crippen LogP contribution in [0, 0.1) is 13.8 Å². The van der Waals surface area contributed by atoms with Crippen molar-refractivity contribution < 1.29 is 4.79 Å². The lowest BCUT2D eigenvalue weighted by Crippen LogP contribution is -2.19. The number of carbonyl (C=O) groups excluding carboxylic acids is 1. The van der Waals surface area contributed by atoms with Crippen LogP contribution >= 0.6 is 24.0 Å². The zero-order valence-electron chi connectivity index (χ0n) is 16.4. The Balaban J connectivity index is 1.52. The Bertz CT molecular complexity index is 1010. The van der Waals surface area contributed by atoms with Crippen molar-refractivity contribution in [3.63, 3.8) is 0 Å². The van der Waals surface area contributed by atoms with Gasteiger partial charge in [0.15, 0.2) is 5.11 Å². The van der Waals surface area contributed by atoms with Gasteiger partial charge in [-0.1, -0.05) is 42.0 Å². The first-order valence-corrected chi connectivity index (χ1v) is 10.6. The van der Waals surface area contributed by atoms with Crippen molar-refractivity contribution in [1.29, 1.82) is 0 Å². The largest absolute Gasteiger partial charge is 0.332 e. The minimum atomic E-state index is -0.0263.